The maximum atomic E-state index is 4.87. The molecule has 27 heavy (non-hydrogen) atoms. The van der Waals surface area contributed by atoms with E-state index in [0.717, 1.165) is 30.1 Å². The maximum Gasteiger partial charge on any atom is 0.123 e. The summed E-state index contributed by atoms with van der Waals surface area (Å²) in [6.07, 6.45) is 4.08. The largest absolute Gasteiger partial charge is 0.361 e. The van der Waals surface area contributed by atoms with Crippen LogP contribution in [-0.2, 0) is 12.8 Å². The molecule has 0 saturated heterocycles. The van der Waals surface area contributed by atoms with Gasteiger partial charge in [0.15, 0.2) is 0 Å². The first kappa shape index (κ1) is 19.4. The Morgan fingerprint density at radius 1 is 1.07 bits per heavy atom. The molecule has 2 aromatic carbocycles. The lowest BCUT2D eigenvalue weighted by Crippen LogP contribution is -2.14. The fourth-order valence-corrected chi connectivity index (χ4v) is 4.00. The molecule has 0 spiro atoms. The number of hydrogen-bond donors (Lipinski definition) is 1. The summed E-state index contributed by atoms with van der Waals surface area (Å²) in [5, 5.41) is 4.58. The number of likely N-dealkylation sites (N-methyl/N-ethyl adjacent to an activating group) is 1. The number of nitrogens with one attached hydrogen (secondary N) is 1. The molecule has 0 aliphatic rings. The number of H-pyrrole nitrogens is 1. The van der Waals surface area contributed by atoms with E-state index in [1.54, 1.807) is 11.3 Å². The molecule has 135 valence electrons. The highest BCUT2D eigenvalue weighted by Crippen LogP contribution is 2.29. The van der Waals surface area contributed by atoms with Crippen LogP contribution in [0.5, 0.6) is 0 Å². The number of aromatic amines is 1. The number of fused-ring (bicyclic) bond motifs is 1. The number of benzene rings is 2. The highest BCUT2D eigenvalue weighted by Gasteiger charge is 2.09. The zero-order chi connectivity index (χ0) is 17.9. The quantitative estimate of drug-likeness (QED) is 0.502. The maximum absolute atomic E-state index is 4.87. The summed E-state index contributed by atoms with van der Waals surface area (Å²) >= 11 is 1.73. The third-order valence-electron chi connectivity index (χ3n) is 4.62. The van der Waals surface area contributed by atoms with E-state index in [9.17, 15) is 0 Å². The van der Waals surface area contributed by atoms with Crippen LogP contribution in [0.15, 0.2) is 60.1 Å². The Balaban J connectivity index is 0.00000210. The topological polar surface area (TPSA) is 31.9 Å². The van der Waals surface area contributed by atoms with Gasteiger partial charge in [-0.2, -0.15) is 0 Å². The zero-order valence-electron chi connectivity index (χ0n) is 15.8. The molecule has 1 N–H and O–H groups in total. The molecule has 4 rings (SSSR count). The Morgan fingerprint density at radius 3 is 2.67 bits per heavy atom. The number of rotatable bonds is 6. The molecule has 2 aromatic heterocycles. The molecule has 0 amide bonds. The van der Waals surface area contributed by atoms with Gasteiger partial charge in [-0.1, -0.05) is 30.3 Å². The average molecular weight is 372 g/mol. The zero-order valence-corrected chi connectivity index (χ0v) is 16.6. The van der Waals surface area contributed by atoms with E-state index in [1.807, 2.05) is 0 Å². The van der Waals surface area contributed by atoms with Crippen LogP contribution in [-0.4, -0.2) is 43.9 Å². The monoisotopic (exact) mass is 372 g/mol. The van der Waals surface area contributed by atoms with Gasteiger partial charge in [0.2, 0.25) is 0 Å². The lowest BCUT2D eigenvalue weighted by Gasteiger charge is -2.08. The van der Waals surface area contributed by atoms with E-state index < -0.39 is 0 Å². The molecular weight excluding hydrogens is 349 g/mol. The molecule has 5 heteroatoms. The highest BCUT2D eigenvalue weighted by molar-refractivity contribution is 7.13. The molecule has 2 heterocycles. The van der Waals surface area contributed by atoms with Crippen LogP contribution in [0.4, 0.5) is 0 Å². The summed E-state index contributed by atoms with van der Waals surface area (Å²) in [4.78, 5) is 10.5. The first-order valence-electron chi connectivity index (χ1n) is 8.92. The molecule has 0 saturated carbocycles. The fourth-order valence-electron chi connectivity index (χ4n) is 3.19. The van der Waals surface area contributed by atoms with Gasteiger partial charge in [0.05, 0.1) is 5.69 Å². The smallest absolute Gasteiger partial charge is 0.123 e. The van der Waals surface area contributed by atoms with Crippen molar-refractivity contribution in [2.24, 2.45) is 0 Å². The standard InChI is InChI=1S/C22H23N3S.B/c1-25(2)11-10-18-14-23-21-9-8-17(13-20(18)21)22-24-19(15-26-22)12-16-6-4-3-5-7-16;/h3-9,13-15,23H,10-12H2,1-2H3;. The predicted octanol–water partition coefficient (Wildman–Crippen LogP) is 4.61. The van der Waals surface area contributed by atoms with Gasteiger partial charge in [0.1, 0.15) is 5.01 Å². The first-order valence-corrected chi connectivity index (χ1v) is 9.80. The van der Waals surface area contributed by atoms with Crippen molar-refractivity contribution in [3.8, 4) is 10.6 Å². The van der Waals surface area contributed by atoms with Crippen molar-refractivity contribution in [3.63, 3.8) is 0 Å². The van der Waals surface area contributed by atoms with Gasteiger partial charge < -0.3 is 9.88 Å². The predicted molar refractivity (Wildman–Crippen MR) is 117 cm³/mol. The van der Waals surface area contributed by atoms with Gasteiger partial charge in [-0.15, -0.1) is 11.3 Å². The Kier molecular flexibility index (Phi) is 6.14. The summed E-state index contributed by atoms with van der Waals surface area (Å²) in [5.41, 5.74) is 6.21. The minimum Gasteiger partial charge on any atom is -0.361 e. The first-order chi connectivity index (χ1) is 12.7. The van der Waals surface area contributed by atoms with Gasteiger partial charge in [0.25, 0.3) is 0 Å². The Labute approximate surface area is 166 Å². The second-order valence-electron chi connectivity index (χ2n) is 6.93. The van der Waals surface area contributed by atoms with E-state index >= 15 is 0 Å². The minimum absolute atomic E-state index is 0. The van der Waals surface area contributed by atoms with Crippen molar-refractivity contribution in [1.29, 1.82) is 0 Å². The van der Waals surface area contributed by atoms with Crippen molar-refractivity contribution in [2.45, 2.75) is 12.8 Å². The van der Waals surface area contributed by atoms with E-state index in [-0.39, 0.29) is 8.41 Å². The molecule has 3 nitrogen and oxygen atoms in total. The van der Waals surface area contributed by atoms with Crippen molar-refractivity contribution < 1.29 is 0 Å². The molecule has 0 atom stereocenters. The summed E-state index contributed by atoms with van der Waals surface area (Å²) in [6.45, 7) is 1.05. The van der Waals surface area contributed by atoms with E-state index in [4.69, 9.17) is 4.98 Å². The van der Waals surface area contributed by atoms with Crippen molar-refractivity contribution in [1.82, 2.24) is 14.9 Å². The molecule has 0 unspecified atom stereocenters. The van der Waals surface area contributed by atoms with Gasteiger partial charge in [-0.25, -0.2) is 4.98 Å². The Morgan fingerprint density at radius 2 is 1.89 bits per heavy atom. The fraction of sp³-hybridized carbons (Fsp3) is 0.227. The molecule has 0 bridgehead atoms. The Hall–Kier alpha value is -2.37. The Bertz CT molecular complexity index is 1000. The lowest BCUT2D eigenvalue weighted by atomic mass is 10.1. The summed E-state index contributed by atoms with van der Waals surface area (Å²) < 4.78 is 0. The van der Waals surface area contributed by atoms with Gasteiger partial charge in [-0.05, 0) is 49.8 Å². The van der Waals surface area contributed by atoms with Gasteiger partial charge >= 0.3 is 0 Å². The normalized spacial score (nSPS) is 11.1. The summed E-state index contributed by atoms with van der Waals surface area (Å²) in [6, 6.07) is 17.1. The molecule has 4 aromatic rings. The minimum atomic E-state index is 0. The van der Waals surface area contributed by atoms with Gasteiger partial charge in [0, 0.05) is 49.4 Å². The van der Waals surface area contributed by atoms with Crippen LogP contribution < -0.4 is 0 Å². The van der Waals surface area contributed by atoms with Crippen molar-refractivity contribution in [3.05, 3.63) is 76.9 Å². The van der Waals surface area contributed by atoms with Crippen LogP contribution in [0.3, 0.4) is 0 Å². The van der Waals surface area contributed by atoms with E-state index in [1.165, 1.54) is 27.6 Å². The molecule has 0 aliphatic carbocycles. The van der Waals surface area contributed by atoms with Crippen LogP contribution in [0.25, 0.3) is 21.5 Å². The molecular formula is C22H23BN3S. The van der Waals surface area contributed by atoms with Crippen LogP contribution >= 0.6 is 11.3 Å². The van der Waals surface area contributed by atoms with Crippen molar-refractivity contribution >= 4 is 30.7 Å². The number of aromatic nitrogens is 2. The lowest BCUT2D eigenvalue weighted by molar-refractivity contribution is 0.414. The van der Waals surface area contributed by atoms with E-state index in [2.05, 4.69) is 84.1 Å². The second-order valence-corrected chi connectivity index (χ2v) is 7.79. The highest BCUT2D eigenvalue weighted by atomic mass is 32.1. The summed E-state index contributed by atoms with van der Waals surface area (Å²) in [7, 11) is 4.23. The average Bonchev–Trinajstić information content (AvgIpc) is 3.27. The third kappa shape index (κ3) is 4.49. The van der Waals surface area contributed by atoms with Gasteiger partial charge in [-0.3, -0.25) is 0 Å². The van der Waals surface area contributed by atoms with Crippen LogP contribution in [0, 0.1) is 0 Å². The number of nitrogens with zero attached hydrogens (tertiary/aromatic N) is 2. The van der Waals surface area contributed by atoms with Crippen LogP contribution in [0.2, 0.25) is 0 Å². The van der Waals surface area contributed by atoms with Crippen molar-refractivity contribution in [2.75, 3.05) is 20.6 Å². The number of thiazole rings is 1. The summed E-state index contributed by atoms with van der Waals surface area (Å²) in [5.74, 6) is 0. The van der Waals surface area contributed by atoms with Crippen LogP contribution in [0.1, 0.15) is 16.8 Å². The van der Waals surface area contributed by atoms with E-state index in [0.29, 0.717) is 0 Å². The second kappa shape index (κ2) is 8.55. The molecule has 3 radical (unpaired) electrons. The third-order valence-corrected chi connectivity index (χ3v) is 5.56. The molecule has 0 fully saturated rings. The molecule has 0 aliphatic heterocycles. The SMILES string of the molecule is CN(C)CCc1c[nH]c2ccc(-c3nc(Cc4ccccc4)cs3)cc12.[B]. The number of hydrogen-bond acceptors (Lipinski definition) is 3.